The summed E-state index contributed by atoms with van der Waals surface area (Å²) < 4.78 is 76.7. The van der Waals surface area contributed by atoms with Crippen LogP contribution in [0.5, 0.6) is 5.75 Å². The van der Waals surface area contributed by atoms with Gasteiger partial charge in [-0.05, 0) is 182 Å². The first-order chi connectivity index (χ1) is 71.5. The van der Waals surface area contributed by atoms with Gasteiger partial charge in [0, 0.05) is 147 Å². The van der Waals surface area contributed by atoms with Crippen molar-refractivity contribution in [2.75, 3.05) is 130 Å². The summed E-state index contributed by atoms with van der Waals surface area (Å²) in [5.41, 5.74) is 25.2. The van der Waals surface area contributed by atoms with Crippen molar-refractivity contribution in [2.45, 2.75) is 252 Å². The molecular formula is C105H144F3N15O25S2. The van der Waals surface area contributed by atoms with E-state index in [2.05, 4.69) is 51.5 Å². The number of unbranched alkanes of at least 4 members (excludes halogenated alkanes) is 1. The zero-order chi connectivity index (χ0) is 109. The predicted molar refractivity (Wildman–Crippen MR) is 549 cm³/mol. The summed E-state index contributed by atoms with van der Waals surface area (Å²) in [5, 5.41) is 67.6. The summed E-state index contributed by atoms with van der Waals surface area (Å²) in [6.07, 6.45) is -1.18. The number of aromatic amines is 1. The van der Waals surface area contributed by atoms with Crippen LogP contribution in [0.4, 0.5) is 23.7 Å². The molecule has 7 aliphatic rings. The molecule has 19 N–H and O–H groups in total. The zero-order valence-corrected chi connectivity index (χ0v) is 87.6. The van der Waals surface area contributed by atoms with E-state index < -0.39 is 178 Å². The van der Waals surface area contributed by atoms with Crippen LogP contribution < -0.4 is 59.4 Å². The number of aliphatic hydroxyl groups is 3. The monoisotopic (exact) mass is 2140 g/mol. The molecule has 822 valence electrons. The summed E-state index contributed by atoms with van der Waals surface area (Å²) in [7, 11) is 6.68. The molecule has 6 aliphatic heterocycles. The van der Waals surface area contributed by atoms with Crippen LogP contribution in [0.15, 0.2) is 102 Å². The maximum absolute atomic E-state index is 15.7. The van der Waals surface area contributed by atoms with Crippen LogP contribution in [0, 0.1) is 30.1 Å². The number of nitrogens with two attached hydrogens (primary N) is 4. The topological polar surface area (TPSA) is 601 Å². The van der Waals surface area contributed by atoms with Crippen molar-refractivity contribution < 1.29 is 134 Å². The van der Waals surface area contributed by atoms with E-state index in [9.17, 15) is 86.6 Å². The number of para-hydroxylation sites is 1. The Hall–Kier alpha value is -11.3. The Morgan fingerprint density at radius 3 is 2.16 bits per heavy atom. The number of hydrazine groups is 1. The van der Waals surface area contributed by atoms with E-state index >= 15 is 9.59 Å². The minimum atomic E-state index is -4.51. The van der Waals surface area contributed by atoms with Crippen LogP contribution in [0.1, 0.15) is 200 Å². The highest BCUT2D eigenvalue weighted by Gasteiger charge is 2.79. The van der Waals surface area contributed by atoms with Gasteiger partial charge in [-0.15, -0.1) is 0 Å². The number of Topliss-reactive ketones (excluding diaryl/α,β-unsaturated/α-hetero) is 4. The number of likely N-dealkylation sites (tertiary alicyclic amines) is 1. The first-order valence-electron chi connectivity index (χ1n) is 51.1. The fraction of sp³-hybridized carbons (Fsp3) is 0.600. The van der Waals surface area contributed by atoms with Crippen molar-refractivity contribution in [2.24, 2.45) is 51.1 Å². The number of benzene rings is 4. The lowest BCUT2D eigenvalue weighted by atomic mass is 9.47. The van der Waals surface area contributed by atoms with Gasteiger partial charge >= 0.3 is 36.3 Å². The number of aliphatic imine (C=N–C) groups is 1. The van der Waals surface area contributed by atoms with Gasteiger partial charge in [-0.3, -0.25) is 73.1 Å². The van der Waals surface area contributed by atoms with Gasteiger partial charge in [0.2, 0.25) is 17.7 Å². The number of likely N-dealkylation sites (N-methyl/N-ethyl adjacent to an activating group) is 1. The van der Waals surface area contributed by atoms with Crippen LogP contribution in [0.25, 0.3) is 10.9 Å². The van der Waals surface area contributed by atoms with Crippen molar-refractivity contribution in [3.63, 3.8) is 0 Å². The van der Waals surface area contributed by atoms with Crippen LogP contribution in [-0.2, 0) is 116 Å². The van der Waals surface area contributed by atoms with Crippen molar-refractivity contribution in [1.29, 1.82) is 0 Å². The van der Waals surface area contributed by atoms with Gasteiger partial charge in [0.25, 0.3) is 5.91 Å². The van der Waals surface area contributed by atoms with Crippen molar-refractivity contribution in [3.05, 3.63) is 142 Å². The van der Waals surface area contributed by atoms with Gasteiger partial charge in [0.05, 0.1) is 101 Å². The number of aliphatic carboxylic acids is 2. The molecule has 40 nitrogen and oxygen atoms in total. The fourth-order valence-electron chi connectivity index (χ4n) is 23.3. The zero-order valence-electron chi connectivity index (χ0n) is 85.9. The highest BCUT2D eigenvalue weighted by Crippen LogP contribution is 2.68. The molecule has 3 unspecified atom stereocenters. The normalized spacial score (nSPS) is 24.3. The molecule has 0 radical (unpaired) electrons. The molecule has 5 amide bonds. The number of carbonyl (C=O) groups excluding carboxylic acids is 12. The van der Waals surface area contributed by atoms with Crippen LogP contribution >= 0.6 is 21.6 Å². The number of halogens is 3. The Morgan fingerprint density at radius 2 is 1.47 bits per heavy atom. The average Bonchev–Trinajstić information content (AvgIpc) is 1.47. The maximum Gasteiger partial charge on any atom is 0.426 e. The number of hydrogen-bond acceptors (Lipinski definition) is 32. The number of aliphatic hydroxyl groups excluding tert-OH is 1. The van der Waals surface area contributed by atoms with E-state index in [1.807, 2.05) is 92.7 Å². The smallest absolute Gasteiger partial charge is 0.426 e. The molecule has 1 saturated carbocycles. The van der Waals surface area contributed by atoms with Gasteiger partial charge in [-0.1, -0.05) is 108 Å². The summed E-state index contributed by atoms with van der Waals surface area (Å²) >= 11 is 0. The lowest BCUT2D eigenvalue weighted by Gasteiger charge is -2.63. The highest BCUT2D eigenvalue weighted by atomic mass is 33.1. The highest BCUT2D eigenvalue weighted by molar-refractivity contribution is 8.76. The maximum atomic E-state index is 15.7. The summed E-state index contributed by atoms with van der Waals surface area (Å²) in [6.45, 7) is 10.5. The number of carbonyl (C=O) groups is 12. The largest absolute Gasteiger partial charge is 0.496 e. The third-order valence-corrected chi connectivity index (χ3v) is 32.6. The summed E-state index contributed by atoms with van der Waals surface area (Å²) in [6, 6.07) is 17.4. The van der Waals surface area contributed by atoms with E-state index in [1.165, 1.54) is 21.1 Å². The standard InChI is InChI=1S/C104H144F3N15O23S2.CO2/c1-8-99(138)55-65-56-102(96(136)141-7,87-73(31-39-120(57-65)61-99)72-25-13-14-26-77(72)114-87)75-53-74-80(54-84(75)140-6)119(5)93-101(74)34-40-121-38-20-33-100(9-2,92(101)121)94(134)103(93,139)95(135)117-118-98(137)144-45-46-146-147-60-79(91(132)133)116-88(129)63(4)113-90(131)76(109)29-30-81(125)78(27-15-16-35-108)115-89(130)68(52-85(127)128)51-82(126)67(23-17-36-112-97(110)111)50-70(123)32-42-143-44-43-142-41-19-24-71(124)58-122-37-18-28-83(86(122)66-21-11-10-12-22-66)145-59-64-47-62(3)48-69(49-64)104(105,106)107;2-1-3/h10-14,20-22,25-26,33,47-49,53-54,63,65,67-68,76,78-79,83,86,92-94,114,134,138-139H,8-9,15-19,23-24,27-32,34-46,50-52,55-61,108-109H2,1-7H3,(H,113,131)(H,115,130)(H,116,129)(H,117,135)(H,118,137)(H,127,128)(H,132,133)(H4,110,111,112);/t63-,65-,67?,68-,76-,78?,79-,83-,86-,92+,93-,94-,99+,100-,101-,102+,103+;/m0./s1. The minimum absolute atomic E-state index is 0.0127. The quantitative estimate of drug-likeness (QED) is 0.00382. The van der Waals surface area contributed by atoms with Crippen molar-refractivity contribution in [1.82, 2.24) is 46.5 Å². The van der Waals surface area contributed by atoms with E-state index in [0.717, 1.165) is 55.8 Å². The number of nitrogens with one attached hydrogen (secondary N) is 6. The molecule has 150 heavy (non-hydrogen) atoms. The van der Waals surface area contributed by atoms with E-state index in [1.54, 1.807) is 24.9 Å². The number of ether oxygens (including phenoxy) is 6. The van der Waals surface area contributed by atoms with Crippen LogP contribution in [0.2, 0.25) is 0 Å². The Labute approximate surface area is 877 Å². The van der Waals surface area contributed by atoms with Gasteiger partial charge in [-0.2, -0.15) is 22.8 Å². The second kappa shape index (κ2) is 54.3. The number of aromatic nitrogens is 1. The third kappa shape index (κ3) is 28.6. The number of hydrogen-bond donors (Lipinski definition) is 15. The number of carboxylic acids is 2. The SMILES string of the molecule is CC[C@@]1(O)C[C@@H]2CN(CCc3c([nH]c4ccccc34)[C@](C(=O)OC)(c3cc4c(cc3OC)N(C)[C@@H]3[C@](O)(C(=O)NNC(=O)OCCSSC[C@H](NC(=O)[C@H](C)NC(=O)[C@@H](N)CCC(=O)C(CCCCN)NC(=O)[C@H](CC(=O)O)CC(=O)C(CCCN=C(N)N)CC(=O)CCOCCOCCCC(=O)CN5CCC[C@H](OCc6cc(C)cc(C(F)(F)F)c6)[C@@H]5c5ccccc5)C(=O)O)[C@@H](O)[C@@]5(CC)C=CCN6CC[C@@]43[C@H]65)C2)C1.O=C=O. The number of carboxylic acid groups (broad SMARTS) is 2. The number of guanidine groups is 1. The lowest BCUT2D eigenvalue weighted by molar-refractivity contribution is -0.204. The van der Waals surface area contributed by atoms with E-state index in [4.69, 9.17) is 60.9 Å². The van der Waals surface area contributed by atoms with E-state index in [0.29, 0.717) is 136 Å². The number of methoxy groups -OCH3 is 2. The molecule has 18 atom stereocenters. The van der Waals surface area contributed by atoms with Crippen molar-refractivity contribution in [3.8, 4) is 5.75 Å². The number of nitrogens with zero attached hydrogens (tertiary/aromatic N) is 5. The molecule has 3 saturated heterocycles. The molecule has 5 aromatic rings. The molecule has 2 bridgehead atoms. The first kappa shape index (κ1) is 119. The number of fused-ring (bicyclic) bond motifs is 6. The molecule has 4 fully saturated rings. The second-order valence-corrected chi connectivity index (χ2v) is 42.7. The number of anilines is 1. The first-order valence-corrected chi connectivity index (χ1v) is 53.6. The number of rotatable bonds is 54. The molecule has 7 heterocycles. The number of amides is 5. The van der Waals surface area contributed by atoms with Gasteiger partial charge < -0.3 is 103 Å². The predicted octanol–water partition coefficient (Wildman–Crippen LogP) is 6.37. The van der Waals surface area contributed by atoms with Crippen molar-refractivity contribution >= 4 is 121 Å². The van der Waals surface area contributed by atoms with Gasteiger partial charge in [0.15, 0.2) is 17.3 Å². The average molecular weight is 2140 g/mol. The van der Waals surface area contributed by atoms with Crippen LogP contribution in [0.3, 0.4) is 0 Å². The number of H-pyrrole nitrogens is 1. The Balaban J connectivity index is 0.00000702. The number of ketones is 4. The van der Waals surface area contributed by atoms with Gasteiger partial charge in [-0.25, -0.2) is 15.0 Å². The Morgan fingerprint density at radius 1 is 0.740 bits per heavy atom. The van der Waals surface area contributed by atoms with E-state index in [-0.39, 0.29) is 164 Å². The molecule has 4 aromatic carbocycles. The molecule has 1 spiro atoms. The Kier molecular flexibility index (Phi) is 43.1. The molecule has 12 rings (SSSR count). The Bertz CT molecular complexity index is 5660. The minimum Gasteiger partial charge on any atom is -0.496 e. The number of alkyl halides is 3. The second-order valence-electron chi connectivity index (χ2n) is 40.1. The molecule has 1 aromatic heterocycles. The number of aryl methyl sites for hydroxylation is 1. The number of piperidine rings is 2. The van der Waals surface area contributed by atoms with Crippen LogP contribution in [-0.4, -0.2) is 312 Å². The van der Waals surface area contributed by atoms with Gasteiger partial charge in [0.1, 0.15) is 53.3 Å². The summed E-state index contributed by atoms with van der Waals surface area (Å²) in [5.74, 6) is -11.9. The summed E-state index contributed by atoms with van der Waals surface area (Å²) in [4.78, 5) is 198. The fourth-order valence-corrected chi connectivity index (χ4v) is 25.3. The molecular weight excluding hydrogens is 1990 g/mol. The lowest BCUT2D eigenvalue weighted by Crippen LogP contribution is -2.82. The third-order valence-electron chi connectivity index (χ3n) is 30.2. The molecule has 1 aliphatic carbocycles. The molecule has 45 heteroatoms. The number of esters is 1.